The van der Waals surface area contributed by atoms with Gasteiger partial charge in [-0.1, -0.05) is 24.3 Å². The van der Waals surface area contributed by atoms with E-state index >= 15 is 0 Å². The summed E-state index contributed by atoms with van der Waals surface area (Å²) in [6.45, 7) is 1.65. The second kappa shape index (κ2) is 6.13. The molecule has 1 aliphatic rings. The molecule has 0 saturated heterocycles. The van der Waals surface area contributed by atoms with Gasteiger partial charge in [0.05, 0.1) is 10.9 Å². The fourth-order valence-corrected chi connectivity index (χ4v) is 3.06. The van der Waals surface area contributed by atoms with Crippen molar-refractivity contribution in [2.75, 3.05) is 0 Å². The van der Waals surface area contributed by atoms with Gasteiger partial charge >= 0.3 is 5.97 Å². The molecule has 0 radical (unpaired) electrons. The van der Waals surface area contributed by atoms with Gasteiger partial charge in [0.15, 0.2) is 5.41 Å². The van der Waals surface area contributed by atoms with E-state index in [0.29, 0.717) is 5.56 Å². The van der Waals surface area contributed by atoms with Crippen LogP contribution < -0.4 is 10.5 Å². The van der Waals surface area contributed by atoms with Crippen LogP contribution in [0.2, 0.25) is 0 Å². The first-order chi connectivity index (χ1) is 10.7. The first-order valence-corrected chi connectivity index (χ1v) is 8.53. The van der Waals surface area contributed by atoms with Gasteiger partial charge in [0, 0.05) is 0 Å². The maximum atomic E-state index is 12.4. The minimum absolute atomic E-state index is 0.0634. The Kier molecular flexibility index (Phi) is 4.58. The molecular formula is C15H18N2O5S. The van der Waals surface area contributed by atoms with Crippen LogP contribution in [0.1, 0.15) is 31.4 Å². The summed E-state index contributed by atoms with van der Waals surface area (Å²) < 4.78 is 22.8. The van der Waals surface area contributed by atoms with Crippen molar-refractivity contribution < 1.29 is 23.1 Å². The van der Waals surface area contributed by atoms with Crippen LogP contribution in [0.4, 0.5) is 0 Å². The molecule has 0 saturated carbocycles. The number of rotatable bonds is 5. The Labute approximate surface area is 134 Å². The lowest BCUT2D eigenvalue weighted by Crippen LogP contribution is -2.45. The Morgan fingerprint density at radius 2 is 1.91 bits per heavy atom. The normalized spacial score (nSPS) is 17.7. The SMILES string of the molecule is CC(NC(=O)C1(C(=O)O)CC=CC1)c1cccc(S(N)(=O)=O)c1. The van der Waals surface area contributed by atoms with Gasteiger partial charge in [-0.3, -0.25) is 9.59 Å². The van der Waals surface area contributed by atoms with Crippen LogP contribution in [0.5, 0.6) is 0 Å². The third-order valence-corrected chi connectivity index (χ3v) is 4.89. The molecule has 1 atom stereocenters. The largest absolute Gasteiger partial charge is 0.480 e. The van der Waals surface area contributed by atoms with Gasteiger partial charge < -0.3 is 10.4 Å². The smallest absolute Gasteiger partial charge is 0.319 e. The summed E-state index contributed by atoms with van der Waals surface area (Å²) in [6.07, 6.45) is 3.61. The average molecular weight is 338 g/mol. The maximum Gasteiger partial charge on any atom is 0.319 e. The van der Waals surface area contributed by atoms with Gasteiger partial charge in [-0.05, 0) is 37.5 Å². The molecule has 0 fully saturated rings. The highest BCUT2D eigenvalue weighted by Crippen LogP contribution is 2.34. The number of aliphatic carboxylic acids is 1. The predicted octanol–water partition coefficient (Wildman–Crippen LogP) is 0.932. The standard InChI is InChI=1S/C15H18N2O5S/c1-10(11-5-4-6-12(9-11)23(16,21)22)17-13(18)15(14(19)20)7-2-3-8-15/h2-6,9-10H,7-8H2,1H3,(H,17,18)(H,19,20)(H2,16,21,22). The van der Waals surface area contributed by atoms with Crippen LogP contribution in [-0.4, -0.2) is 25.4 Å². The fraction of sp³-hybridized carbons (Fsp3) is 0.333. The molecule has 1 aromatic carbocycles. The molecule has 0 aromatic heterocycles. The lowest BCUT2D eigenvalue weighted by atomic mass is 9.84. The lowest BCUT2D eigenvalue weighted by Gasteiger charge is -2.25. The third kappa shape index (κ3) is 3.43. The number of hydrogen-bond donors (Lipinski definition) is 3. The number of nitrogens with one attached hydrogen (secondary N) is 1. The van der Waals surface area contributed by atoms with E-state index in [0.717, 1.165) is 0 Å². The van der Waals surface area contributed by atoms with E-state index in [1.165, 1.54) is 18.2 Å². The Morgan fingerprint density at radius 1 is 1.30 bits per heavy atom. The summed E-state index contributed by atoms with van der Waals surface area (Å²) in [4.78, 5) is 23.8. The molecule has 124 valence electrons. The number of sulfonamides is 1. The number of carboxylic acid groups (broad SMARTS) is 1. The highest BCUT2D eigenvalue weighted by atomic mass is 32.2. The van der Waals surface area contributed by atoms with Crippen LogP contribution in [0.15, 0.2) is 41.3 Å². The lowest BCUT2D eigenvalue weighted by molar-refractivity contribution is -0.155. The van der Waals surface area contributed by atoms with Gasteiger partial charge in [-0.15, -0.1) is 0 Å². The fourth-order valence-electron chi connectivity index (χ4n) is 2.49. The molecule has 4 N–H and O–H groups in total. The Bertz CT molecular complexity index is 762. The first kappa shape index (κ1) is 17.2. The van der Waals surface area contributed by atoms with Crippen molar-refractivity contribution in [1.82, 2.24) is 5.32 Å². The van der Waals surface area contributed by atoms with E-state index in [1.54, 1.807) is 25.1 Å². The number of nitrogens with two attached hydrogens (primary N) is 1. The Balaban J connectivity index is 2.20. The van der Waals surface area contributed by atoms with E-state index in [4.69, 9.17) is 5.14 Å². The number of carboxylic acids is 1. The molecule has 23 heavy (non-hydrogen) atoms. The molecule has 1 amide bonds. The van der Waals surface area contributed by atoms with Crippen molar-refractivity contribution in [3.05, 3.63) is 42.0 Å². The quantitative estimate of drug-likeness (QED) is 0.544. The predicted molar refractivity (Wildman–Crippen MR) is 82.8 cm³/mol. The number of hydrogen-bond acceptors (Lipinski definition) is 4. The van der Waals surface area contributed by atoms with Crippen molar-refractivity contribution >= 4 is 21.9 Å². The number of carbonyl (C=O) groups excluding carboxylic acids is 1. The molecule has 1 aromatic rings. The van der Waals surface area contributed by atoms with Crippen molar-refractivity contribution in [2.24, 2.45) is 10.6 Å². The first-order valence-electron chi connectivity index (χ1n) is 6.99. The second-order valence-electron chi connectivity index (χ2n) is 5.58. The number of benzene rings is 1. The number of allylic oxidation sites excluding steroid dienone is 2. The summed E-state index contributed by atoms with van der Waals surface area (Å²) in [7, 11) is -3.85. The number of amides is 1. The zero-order valence-corrected chi connectivity index (χ0v) is 13.3. The van der Waals surface area contributed by atoms with Crippen LogP contribution in [0.3, 0.4) is 0 Å². The van der Waals surface area contributed by atoms with Crippen molar-refractivity contribution in [3.8, 4) is 0 Å². The molecular weight excluding hydrogens is 320 g/mol. The number of carbonyl (C=O) groups is 2. The number of primary sulfonamides is 1. The maximum absolute atomic E-state index is 12.4. The second-order valence-corrected chi connectivity index (χ2v) is 7.14. The van der Waals surface area contributed by atoms with Gasteiger partial charge in [-0.2, -0.15) is 0 Å². The average Bonchev–Trinajstić information content (AvgIpc) is 2.97. The van der Waals surface area contributed by atoms with E-state index in [-0.39, 0.29) is 17.7 Å². The van der Waals surface area contributed by atoms with Crippen LogP contribution in [-0.2, 0) is 19.6 Å². The minimum atomic E-state index is -3.85. The molecule has 0 bridgehead atoms. The Morgan fingerprint density at radius 3 is 2.43 bits per heavy atom. The monoisotopic (exact) mass is 338 g/mol. The third-order valence-electron chi connectivity index (χ3n) is 3.98. The van der Waals surface area contributed by atoms with Gasteiger partial charge in [-0.25, -0.2) is 13.6 Å². The van der Waals surface area contributed by atoms with Crippen LogP contribution in [0.25, 0.3) is 0 Å². The minimum Gasteiger partial charge on any atom is -0.480 e. The van der Waals surface area contributed by atoms with Gasteiger partial charge in [0.2, 0.25) is 15.9 Å². The van der Waals surface area contributed by atoms with Crippen molar-refractivity contribution in [2.45, 2.75) is 30.7 Å². The summed E-state index contributed by atoms with van der Waals surface area (Å²) >= 11 is 0. The van der Waals surface area contributed by atoms with Crippen molar-refractivity contribution in [1.29, 1.82) is 0 Å². The molecule has 0 spiro atoms. The highest BCUT2D eigenvalue weighted by Gasteiger charge is 2.46. The van der Waals surface area contributed by atoms with E-state index in [9.17, 15) is 23.1 Å². The zero-order valence-electron chi connectivity index (χ0n) is 12.5. The topological polar surface area (TPSA) is 127 Å². The molecule has 1 aliphatic carbocycles. The molecule has 0 heterocycles. The molecule has 8 heteroatoms. The Hall–Kier alpha value is -2.19. The van der Waals surface area contributed by atoms with Crippen LogP contribution in [0, 0.1) is 5.41 Å². The summed E-state index contributed by atoms with van der Waals surface area (Å²) in [5.74, 6) is -1.77. The van der Waals surface area contributed by atoms with Gasteiger partial charge in [0.1, 0.15) is 0 Å². The van der Waals surface area contributed by atoms with E-state index in [1.807, 2.05) is 0 Å². The highest BCUT2D eigenvalue weighted by molar-refractivity contribution is 7.89. The molecule has 2 rings (SSSR count). The zero-order chi connectivity index (χ0) is 17.3. The van der Waals surface area contributed by atoms with Gasteiger partial charge in [0.25, 0.3) is 0 Å². The van der Waals surface area contributed by atoms with Crippen molar-refractivity contribution in [3.63, 3.8) is 0 Å². The summed E-state index contributed by atoms with van der Waals surface area (Å²) in [6, 6.07) is 5.32. The molecule has 7 nitrogen and oxygen atoms in total. The summed E-state index contributed by atoms with van der Waals surface area (Å²) in [5, 5.41) is 17.1. The van der Waals surface area contributed by atoms with E-state index in [2.05, 4.69) is 5.32 Å². The van der Waals surface area contributed by atoms with E-state index < -0.39 is 33.4 Å². The summed E-state index contributed by atoms with van der Waals surface area (Å²) in [5.41, 5.74) is -0.970. The molecule has 0 aliphatic heterocycles. The molecule has 1 unspecified atom stereocenters. The van der Waals surface area contributed by atoms with Crippen LogP contribution >= 0.6 is 0 Å².